The summed E-state index contributed by atoms with van der Waals surface area (Å²) in [5, 5.41) is 3.58. The molecule has 2 aromatic carbocycles. The Morgan fingerprint density at radius 1 is 1.08 bits per heavy atom. The Morgan fingerprint density at radius 3 is 2.60 bits per heavy atom. The van der Waals surface area contributed by atoms with E-state index in [0.717, 1.165) is 22.9 Å². The van der Waals surface area contributed by atoms with Crippen LogP contribution in [0.5, 0.6) is 0 Å². The normalized spacial score (nSPS) is 11.9. The summed E-state index contributed by atoms with van der Waals surface area (Å²) in [5.74, 6) is -0.813. The van der Waals surface area contributed by atoms with Gasteiger partial charge >= 0.3 is 5.97 Å². The maximum absolute atomic E-state index is 12.3. The average molecular weight is 336 g/mol. The number of para-hydroxylation sites is 1. The van der Waals surface area contributed by atoms with Gasteiger partial charge in [-0.1, -0.05) is 48.5 Å². The number of fused-ring (bicyclic) bond motifs is 1. The number of rotatable bonds is 6. The van der Waals surface area contributed by atoms with Crippen LogP contribution in [-0.4, -0.2) is 29.5 Å². The number of hydrogen-bond donors (Lipinski definition) is 2. The summed E-state index contributed by atoms with van der Waals surface area (Å²) in [5.41, 5.74) is 2.43. The van der Waals surface area contributed by atoms with E-state index < -0.39 is 12.1 Å². The number of amides is 1. The van der Waals surface area contributed by atoms with Crippen LogP contribution in [0.2, 0.25) is 0 Å². The number of aromatic nitrogens is 1. The molecule has 3 aromatic rings. The molecule has 0 bridgehead atoms. The van der Waals surface area contributed by atoms with Crippen LogP contribution in [0.25, 0.3) is 10.9 Å². The van der Waals surface area contributed by atoms with Crippen LogP contribution in [0.15, 0.2) is 60.8 Å². The molecule has 3 rings (SSSR count). The van der Waals surface area contributed by atoms with Gasteiger partial charge in [0.15, 0.2) is 6.10 Å². The molecule has 1 heterocycles. The smallest absolute Gasteiger partial charge is 0.341 e. The molecular formula is C20H20N2O3. The Kier molecular flexibility index (Phi) is 5.14. The molecule has 1 aromatic heterocycles. The number of carbonyl (C=O) groups excluding carboxylic acids is 2. The van der Waals surface area contributed by atoms with Crippen LogP contribution in [-0.2, 0) is 16.0 Å². The Bertz CT molecular complexity index is 871. The lowest BCUT2D eigenvalue weighted by Gasteiger charge is -2.13. The van der Waals surface area contributed by atoms with Crippen molar-refractivity contribution in [3.05, 3.63) is 71.9 Å². The maximum atomic E-state index is 12.3. The highest BCUT2D eigenvalue weighted by Gasteiger charge is 2.20. The third kappa shape index (κ3) is 4.07. The lowest BCUT2D eigenvalue weighted by molar-refractivity contribution is -0.129. The van der Waals surface area contributed by atoms with Crippen molar-refractivity contribution >= 4 is 22.8 Å². The molecular weight excluding hydrogens is 316 g/mol. The SMILES string of the molecule is CC(OC(=O)c1c[nH]c2ccccc12)C(=O)NCCc1ccccc1. The summed E-state index contributed by atoms with van der Waals surface area (Å²) in [6, 6.07) is 17.3. The summed E-state index contributed by atoms with van der Waals surface area (Å²) < 4.78 is 5.30. The molecule has 0 fully saturated rings. The summed E-state index contributed by atoms with van der Waals surface area (Å²) in [4.78, 5) is 27.4. The van der Waals surface area contributed by atoms with Crippen LogP contribution >= 0.6 is 0 Å². The van der Waals surface area contributed by atoms with E-state index in [1.807, 2.05) is 54.6 Å². The first-order valence-electron chi connectivity index (χ1n) is 8.24. The summed E-state index contributed by atoms with van der Waals surface area (Å²) in [7, 11) is 0. The van der Waals surface area contributed by atoms with Crippen molar-refractivity contribution < 1.29 is 14.3 Å². The van der Waals surface area contributed by atoms with Gasteiger partial charge in [-0.05, 0) is 25.0 Å². The number of aromatic amines is 1. The molecule has 1 amide bonds. The van der Waals surface area contributed by atoms with E-state index in [-0.39, 0.29) is 5.91 Å². The monoisotopic (exact) mass is 336 g/mol. The van der Waals surface area contributed by atoms with E-state index in [1.54, 1.807) is 13.1 Å². The summed E-state index contributed by atoms with van der Waals surface area (Å²) >= 11 is 0. The van der Waals surface area contributed by atoms with Gasteiger partial charge < -0.3 is 15.0 Å². The number of H-pyrrole nitrogens is 1. The van der Waals surface area contributed by atoms with Crippen molar-refractivity contribution in [3.63, 3.8) is 0 Å². The van der Waals surface area contributed by atoms with Gasteiger partial charge in [-0.25, -0.2) is 4.79 Å². The molecule has 0 saturated heterocycles. The lowest BCUT2D eigenvalue weighted by atomic mass is 10.1. The Balaban J connectivity index is 1.53. The Morgan fingerprint density at radius 2 is 1.80 bits per heavy atom. The van der Waals surface area contributed by atoms with Gasteiger partial charge in [0.2, 0.25) is 0 Å². The van der Waals surface area contributed by atoms with Gasteiger partial charge in [-0.3, -0.25) is 4.79 Å². The van der Waals surface area contributed by atoms with Crippen LogP contribution in [0.1, 0.15) is 22.8 Å². The highest BCUT2D eigenvalue weighted by molar-refractivity contribution is 6.04. The number of hydrogen-bond acceptors (Lipinski definition) is 3. The van der Waals surface area contributed by atoms with Crippen LogP contribution < -0.4 is 5.32 Å². The highest BCUT2D eigenvalue weighted by atomic mass is 16.5. The first-order chi connectivity index (χ1) is 12.1. The van der Waals surface area contributed by atoms with E-state index in [4.69, 9.17) is 4.74 Å². The number of benzene rings is 2. The number of ether oxygens (including phenoxy) is 1. The third-order valence-electron chi connectivity index (χ3n) is 4.02. The lowest BCUT2D eigenvalue weighted by Crippen LogP contribution is -2.36. The van der Waals surface area contributed by atoms with E-state index in [0.29, 0.717) is 12.1 Å². The van der Waals surface area contributed by atoms with Crippen LogP contribution in [0, 0.1) is 0 Å². The maximum Gasteiger partial charge on any atom is 0.341 e. The second-order valence-corrected chi connectivity index (χ2v) is 5.82. The zero-order valence-corrected chi connectivity index (χ0v) is 14.0. The summed E-state index contributed by atoms with van der Waals surface area (Å²) in [6.45, 7) is 2.07. The molecule has 5 nitrogen and oxygen atoms in total. The zero-order chi connectivity index (χ0) is 17.6. The van der Waals surface area contributed by atoms with E-state index in [1.165, 1.54) is 0 Å². The fourth-order valence-corrected chi connectivity index (χ4v) is 2.64. The number of carbonyl (C=O) groups is 2. The van der Waals surface area contributed by atoms with Gasteiger partial charge in [-0.2, -0.15) is 0 Å². The molecule has 25 heavy (non-hydrogen) atoms. The predicted molar refractivity (Wildman–Crippen MR) is 96.3 cm³/mol. The first-order valence-corrected chi connectivity index (χ1v) is 8.24. The van der Waals surface area contributed by atoms with E-state index in [2.05, 4.69) is 10.3 Å². The molecule has 0 aliphatic rings. The second kappa shape index (κ2) is 7.66. The molecule has 1 atom stereocenters. The van der Waals surface area contributed by atoms with E-state index in [9.17, 15) is 9.59 Å². The molecule has 0 saturated carbocycles. The van der Waals surface area contributed by atoms with Gasteiger partial charge in [0, 0.05) is 23.6 Å². The molecule has 2 N–H and O–H groups in total. The third-order valence-corrected chi connectivity index (χ3v) is 4.02. The Hall–Kier alpha value is -3.08. The quantitative estimate of drug-likeness (QED) is 0.680. The van der Waals surface area contributed by atoms with Crippen LogP contribution in [0.3, 0.4) is 0 Å². The van der Waals surface area contributed by atoms with Crippen molar-refractivity contribution in [2.75, 3.05) is 6.54 Å². The van der Waals surface area contributed by atoms with Gasteiger partial charge in [0.1, 0.15) is 0 Å². The predicted octanol–water partition coefficient (Wildman–Crippen LogP) is 3.07. The van der Waals surface area contributed by atoms with Crippen LogP contribution in [0.4, 0.5) is 0 Å². The Labute approximate surface area is 146 Å². The minimum absolute atomic E-state index is 0.302. The van der Waals surface area contributed by atoms with Crippen molar-refractivity contribution in [2.45, 2.75) is 19.4 Å². The fourth-order valence-electron chi connectivity index (χ4n) is 2.64. The van der Waals surface area contributed by atoms with E-state index >= 15 is 0 Å². The fraction of sp³-hybridized carbons (Fsp3) is 0.200. The average Bonchev–Trinajstić information content (AvgIpc) is 3.06. The molecule has 128 valence electrons. The molecule has 0 radical (unpaired) electrons. The molecule has 0 aliphatic carbocycles. The zero-order valence-electron chi connectivity index (χ0n) is 14.0. The largest absolute Gasteiger partial charge is 0.449 e. The minimum Gasteiger partial charge on any atom is -0.449 e. The first kappa shape index (κ1) is 16.8. The highest BCUT2D eigenvalue weighted by Crippen LogP contribution is 2.18. The van der Waals surface area contributed by atoms with Crippen molar-refractivity contribution in [1.29, 1.82) is 0 Å². The molecule has 5 heteroatoms. The molecule has 0 spiro atoms. The standard InChI is InChI=1S/C20H20N2O3/c1-14(19(23)21-12-11-15-7-3-2-4-8-15)25-20(24)17-13-22-18-10-6-5-9-16(17)18/h2-10,13-14,22H,11-12H2,1H3,(H,21,23). The second-order valence-electron chi connectivity index (χ2n) is 5.82. The van der Waals surface area contributed by atoms with Gasteiger partial charge in [0.05, 0.1) is 5.56 Å². The number of nitrogens with one attached hydrogen (secondary N) is 2. The molecule has 0 aliphatic heterocycles. The van der Waals surface area contributed by atoms with Gasteiger partial charge in [0.25, 0.3) is 5.91 Å². The van der Waals surface area contributed by atoms with Gasteiger partial charge in [-0.15, -0.1) is 0 Å². The van der Waals surface area contributed by atoms with Crippen molar-refractivity contribution in [2.24, 2.45) is 0 Å². The topological polar surface area (TPSA) is 71.2 Å². The minimum atomic E-state index is -0.850. The van der Waals surface area contributed by atoms with Crippen molar-refractivity contribution in [3.8, 4) is 0 Å². The molecule has 1 unspecified atom stereocenters. The summed E-state index contributed by atoms with van der Waals surface area (Å²) in [6.07, 6.45) is 1.49. The number of esters is 1. The van der Waals surface area contributed by atoms with Crippen molar-refractivity contribution in [1.82, 2.24) is 10.3 Å².